The molecule has 1 aromatic heterocycles. The Morgan fingerprint density at radius 3 is 2.56 bits per heavy atom. The molecule has 0 saturated heterocycles. The summed E-state index contributed by atoms with van der Waals surface area (Å²) in [5.41, 5.74) is 8.60. The van der Waals surface area contributed by atoms with Crippen LogP contribution in [0, 0.1) is 6.92 Å². The fourth-order valence-corrected chi connectivity index (χ4v) is 1.60. The number of halogens is 1. The lowest BCUT2D eigenvalue weighted by molar-refractivity contribution is 1.28. The van der Waals surface area contributed by atoms with Crippen LogP contribution in [0.2, 0.25) is 0 Å². The molecule has 4 heteroatoms. The van der Waals surface area contributed by atoms with E-state index >= 15 is 0 Å². The maximum absolute atomic E-state index is 5.93. The minimum Gasteiger partial charge on any atom is -0.396 e. The van der Waals surface area contributed by atoms with E-state index < -0.39 is 0 Å². The van der Waals surface area contributed by atoms with E-state index in [1.54, 1.807) is 6.20 Å². The van der Waals surface area contributed by atoms with E-state index in [-0.39, 0.29) is 0 Å². The largest absolute Gasteiger partial charge is 0.396 e. The van der Waals surface area contributed by atoms with Crippen LogP contribution < -0.4 is 11.1 Å². The van der Waals surface area contributed by atoms with Gasteiger partial charge in [-0.1, -0.05) is 15.9 Å². The first-order valence-corrected chi connectivity index (χ1v) is 5.70. The highest BCUT2D eigenvalue weighted by molar-refractivity contribution is 9.10. The number of nitrogens with one attached hydrogen (secondary N) is 1. The van der Waals surface area contributed by atoms with Gasteiger partial charge in [0.25, 0.3) is 0 Å². The molecular weight excluding hydrogens is 266 g/mol. The number of aryl methyl sites for hydroxylation is 1. The van der Waals surface area contributed by atoms with Gasteiger partial charge in [0, 0.05) is 16.4 Å². The lowest BCUT2D eigenvalue weighted by Crippen LogP contribution is -2.00. The van der Waals surface area contributed by atoms with Crippen molar-refractivity contribution in [3.63, 3.8) is 0 Å². The minimum atomic E-state index is 0.686. The Bertz CT molecular complexity index is 494. The van der Waals surface area contributed by atoms with Crippen molar-refractivity contribution in [2.45, 2.75) is 6.92 Å². The normalized spacial score (nSPS) is 10.1. The van der Waals surface area contributed by atoms with Gasteiger partial charge in [-0.05, 0) is 42.8 Å². The summed E-state index contributed by atoms with van der Waals surface area (Å²) in [6, 6.07) is 9.76. The maximum Gasteiger partial charge on any atom is 0.153 e. The van der Waals surface area contributed by atoms with Crippen LogP contribution in [0.4, 0.5) is 17.2 Å². The predicted molar refractivity (Wildman–Crippen MR) is 70.8 cm³/mol. The Labute approximate surface area is 103 Å². The first-order chi connectivity index (χ1) is 7.66. The monoisotopic (exact) mass is 277 g/mol. The molecule has 1 heterocycles. The van der Waals surface area contributed by atoms with Crippen LogP contribution >= 0.6 is 15.9 Å². The highest BCUT2D eigenvalue weighted by atomic mass is 79.9. The van der Waals surface area contributed by atoms with Gasteiger partial charge in [0.2, 0.25) is 0 Å². The maximum atomic E-state index is 5.93. The molecular formula is C12H12BrN3. The van der Waals surface area contributed by atoms with E-state index in [1.807, 2.05) is 37.3 Å². The molecule has 0 aliphatic rings. The molecule has 0 amide bonds. The lowest BCUT2D eigenvalue weighted by Gasteiger charge is -2.09. The third-order valence-corrected chi connectivity index (χ3v) is 2.84. The summed E-state index contributed by atoms with van der Waals surface area (Å²) in [6.07, 6.45) is 1.74. The quantitative estimate of drug-likeness (QED) is 0.884. The van der Waals surface area contributed by atoms with Gasteiger partial charge in [0.05, 0.1) is 5.69 Å². The van der Waals surface area contributed by atoms with Crippen molar-refractivity contribution < 1.29 is 0 Å². The SMILES string of the molecule is Cc1ccnc(Nc2ccc(Br)cc2)c1N. The van der Waals surface area contributed by atoms with Crippen LogP contribution in [0.1, 0.15) is 5.56 Å². The molecule has 0 radical (unpaired) electrons. The van der Waals surface area contributed by atoms with Gasteiger partial charge in [-0.15, -0.1) is 0 Å². The van der Waals surface area contributed by atoms with Crippen LogP contribution in [0.25, 0.3) is 0 Å². The van der Waals surface area contributed by atoms with Crippen molar-refractivity contribution in [1.29, 1.82) is 0 Å². The van der Waals surface area contributed by atoms with Crippen molar-refractivity contribution >= 4 is 33.1 Å². The molecule has 0 saturated carbocycles. The number of nitrogens with two attached hydrogens (primary N) is 1. The summed E-state index contributed by atoms with van der Waals surface area (Å²) in [6.45, 7) is 1.96. The van der Waals surface area contributed by atoms with E-state index in [2.05, 4.69) is 26.2 Å². The number of nitrogen functional groups attached to an aromatic ring is 1. The second-order valence-electron chi connectivity index (χ2n) is 3.52. The van der Waals surface area contributed by atoms with Gasteiger partial charge in [-0.3, -0.25) is 0 Å². The standard InChI is InChI=1S/C12H12BrN3/c1-8-6-7-15-12(11(8)14)16-10-4-2-9(13)3-5-10/h2-7H,14H2,1H3,(H,15,16). The topological polar surface area (TPSA) is 50.9 Å². The average Bonchev–Trinajstić information content (AvgIpc) is 2.28. The predicted octanol–water partition coefficient (Wildman–Crippen LogP) is 3.48. The summed E-state index contributed by atoms with van der Waals surface area (Å²) in [5.74, 6) is 0.697. The van der Waals surface area contributed by atoms with Gasteiger partial charge in [-0.25, -0.2) is 4.98 Å². The van der Waals surface area contributed by atoms with Crippen molar-refractivity contribution in [2.24, 2.45) is 0 Å². The van der Waals surface area contributed by atoms with E-state index in [0.29, 0.717) is 11.5 Å². The zero-order valence-corrected chi connectivity index (χ0v) is 10.5. The van der Waals surface area contributed by atoms with Crippen LogP contribution in [0.3, 0.4) is 0 Å². The smallest absolute Gasteiger partial charge is 0.153 e. The number of anilines is 3. The molecule has 3 nitrogen and oxygen atoms in total. The molecule has 2 rings (SSSR count). The molecule has 82 valence electrons. The molecule has 1 aromatic carbocycles. The number of hydrogen-bond acceptors (Lipinski definition) is 3. The Balaban J connectivity index is 2.27. The molecule has 0 bridgehead atoms. The number of aromatic nitrogens is 1. The lowest BCUT2D eigenvalue weighted by atomic mass is 10.2. The molecule has 2 aromatic rings. The summed E-state index contributed by atoms with van der Waals surface area (Å²) >= 11 is 3.39. The second kappa shape index (κ2) is 4.53. The zero-order valence-electron chi connectivity index (χ0n) is 8.87. The fraction of sp³-hybridized carbons (Fsp3) is 0.0833. The number of pyridine rings is 1. The van der Waals surface area contributed by atoms with E-state index in [9.17, 15) is 0 Å². The van der Waals surface area contributed by atoms with Gasteiger partial charge in [0.15, 0.2) is 5.82 Å². The number of rotatable bonds is 2. The Morgan fingerprint density at radius 1 is 1.19 bits per heavy atom. The van der Waals surface area contributed by atoms with Crippen molar-refractivity contribution in [2.75, 3.05) is 11.1 Å². The van der Waals surface area contributed by atoms with Crippen LogP contribution in [0.15, 0.2) is 41.0 Å². The van der Waals surface area contributed by atoms with E-state index in [0.717, 1.165) is 15.7 Å². The molecule has 0 atom stereocenters. The van der Waals surface area contributed by atoms with Gasteiger partial charge in [0.1, 0.15) is 0 Å². The van der Waals surface area contributed by atoms with Crippen molar-refractivity contribution in [3.8, 4) is 0 Å². The fourth-order valence-electron chi connectivity index (χ4n) is 1.34. The molecule has 16 heavy (non-hydrogen) atoms. The van der Waals surface area contributed by atoms with Crippen molar-refractivity contribution in [3.05, 3.63) is 46.6 Å². The average molecular weight is 278 g/mol. The van der Waals surface area contributed by atoms with Crippen molar-refractivity contribution in [1.82, 2.24) is 4.98 Å². The number of benzene rings is 1. The molecule has 0 aliphatic carbocycles. The highest BCUT2D eigenvalue weighted by Crippen LogP contribution is 2.23. The second-order valence-corrected chi connectivity index (χ2v) is 4.44. The van der Waals surface area contributed by atoms with Crippen LogP contribution in [-0.2, 0) is 0 Å². The molecule has 0 fully saturated rings. The third-order valence-electron chi connectivity index (χ3n) is 2.32. The van der Waals surface area contributed by atoms with E-state index in [4.69, 9.17) is 5.73 Å². The highest BCUT2D eigenvalue weighted by Gasteiger charge is 2.02. The third kappa shape index (κ3) is 2.33. The Morgan fingerprint density at radius 2 is 1.88 bits per heavy atom. The molecule has 3 N–H and O–H groups in total. The number of nitrogens with zero attached hydrogens (tertiary/aromatic N) is 1. The van der Waals surface area contributed by atoms with Crippen LogP contribution in [0.5, 0.6) is 0 Å². The van der Waals surface area contributed by atoms with Crippen LogP contribution in [-0.4, -0.2) is 4.98 Å². The molecule has 0 unspecified atom stereocenters. The summed E-state index contributed by atoms with van der Waals surface area (Å²) in [7, 11) is 0. The Hall–Kier alpha value is -1.55. The summed E-state index contributed by atoms with van der Waals surface area (Å²) in [4.78, 5) is 4.21. The first-order valence-electron chi connectivity index (χ1n) is 4.90. The van der Waals surface area contributed by atoms with Gasteiger partial charge < -0.3 is 11.1 Å². The summed E-state index contributed by atoms with van der Waals surface area (Å²) in [5, 5.41) is 3.18. The van der Waals surface area contributed by atoms with Gasteiger partial charge >= 0.3 is 0 Å². The molecule has 0 spiro atoms. The minimum absolute atomic E-state index is 0.686. The first kappa shape index (κ1) is 11.0. The van der Waals surface area contributed by atoms with Gasteiger partial charge in [-0.2, -0.15) is 0 Å². The molecule has 0 aliphatic heterocycles. The zero-order chi connectivity index (χ0) is 11.5. The number of hydrogen-bond donors (Lipinski definition) is 2. The Kier molecular flexibility index (Phi) is 3.10. The van der Waals surface area contributed by atoms with E-state index in [1.165, 1.54) is 0 Å². The summed E-state index contributed by atoms with van der Waals surface area (Å²) < 4.78 is 1.04.